The first-order valence-electron chi connectivity index (χ1n) is 26.3. The van der Waals surface area contributed by atoms with Crippen molar-refractivity contribution in [3.63, 3.8) is 0 Å². The van der Waals surface area contributed by atoms with Crippen LogP contribution in [0.5, 0.6) is 0 Å². The normalized spacial score (nSPS) is 47.9. The lowest BCUT2D eigenvalue weighted by atomic mass is 9.48. The number of alkyl halides is 1. The third kappa shape index (κ3) is 8.82. The van der Waals surface area contributed by atoms with E-state index in [4.69, 9.17) is 23.7 Å². The number of ketones is 3. The molecule has 0 amide bonds. The van der Waals surface area contributed by atoms with Crippen LogP contribution in [0.15, 0.2) is 59.4 Å². The minimum absolute atomic E-state index is 0.0877. The zero-order valence-electron chi connectivity index (χ0n) is 42.6. The lowest BCUT2D eigenvalue weighted by Crippen LogP contribution is -2.60. The summed E-state index contributed by atoms with van der Waals surface area (Å²) < 4.78 is 43.7. The highest BCUT2D eigenvalue weighted by molar-refractivity contribution is 6.01. The van der Waals surface area contributed by atoms with Gasteiger partial charge in [0.25, 0.3) is 0 Å². The molecule has 0 bridgehead atoms. The summed E-state index contributed by atoms with van der Waals surface area (Å²) in [5.41, 5.74) is -0.951. The number of carboxylic acids is 2. The summed E-state index contributed by atoms with van der Waals surface area (Å²) in [6.07, 6.45) is 4.36. The molecule has 10 rings (SSSR count). The molecule has 2 heterocycles. The topological polar surface area (TPSA) is 293 Å². The van der Waals surface area contributed by atoms with Crippen LogP contribution in [0.25, 0.3) is 0 Å². The summed E-state index contributed by atoms with van der Waals surface area (Å²) in [5, 5.41) is 78.5. The number of aliphatic hydroxyl groups is 6. The predicted molar refractivity (Wildman–Crippen MR) is 257 cm³/mol. The van der Waals surface area contributed by atoms with Crippen LogP contribution < -0.4 is 0 Å². The molecule has 408 valence electrons. The van der Waals surface area contributed by atoms with Crippen LogP contribution in [0.1, 0.15) is 98.3 Å². The minimum atomic E-state index is -1.85. The van der Waals surface area contributed by atoms with Crippen LogP contribution in [0, 0.1) is 63.1 Å². The molecule has 2 aliphatic heterocycles. The van der Waals surface area contributed by atoms with E-state index in [9.17, 15) is 64.8 Å². The molecule has 4 saturated carbocycles. The molecule has 8 aliphatic carbocycles. The number of ether oxygens (including phenoxy) is 5. The first kappa shape index (κ1) is 54.8. The number of rotatable bonds is 11. The quantitative estimate of drug-likeness (QED) is 0.147. The highest BCUT2D eigenvalue weighted by atomic mass is 19.1. The number of carbonyl (C=O) groups is 5. The van der Waals surface area contributed by atoms with E-state index in [1.54, 1.807) is 13.2 Å². The van der Waals surface area contributed by atoms with E-state index in [0.717, 1.165) is 50.7 Å². The number of aliphatic carboxylic acids is 2. The Morgan fingerprint density at radius 3 is 1.77 bits per heavy atom. The highest BCUT2D eigenvalue weighted by Gasteiger charge is 2.67. The standard InChI is InChI=1S/C28H40O9.C27H33FO9/c1-27-10-8-15(35-3)12-14(27)4-5-16-17-6-7-19(28(17,2)11-9-18(16)27)20(29)13-36-26-23(32)21(30)22(31)24(37-26)25(33)34;1-25-9-10-27(28)16(4-3-13-11-14(29)7-8-26(13,27)2)15(25)5-6-17(25)18(30)12-36-24-21(33)19(31)20(32)22(37-24)23(34)35/h4,12,16-19,21-24,26,30-32H,5-11,13H2,1-3H3,(H,33,34);3-4,7-8,11,15-17,19-22,24,31-33H,5-6,9-10,12H2,1-2H3,(H,34,35)/t16?,17?,18?,19-,21+,22+,23-,24+,26?,27+,28+;15-,16-,17+,19-,20-,21+,22-,24?,25-,26-,27+/m10/s1. The summed E-state index contributed by atoms with van der Waals surface area (Å²) in [5.74, 6) is -2.09. The van der Waals surface area contributed by atoms with Gasteiger partial charge < -0.3 is 64.5 Å². The molecule has 8 N–H and O–H groups in total. The van der Waals surface area contributed by atoms with E-state index in [-0.39, 0.29) is 53.0 Å². The van der Waals surface area contributed by atoms with E-state index < -0.39 is 108 Å². The fourth-order valence-corrected chi connectivity index (χ4v) is 16.0. The first-order valence-corrected chi connectivity index (χ1v) is 26.3. The Bertz CT molecular complexity index is 2420. The van der Waals surface area contributed by atoms with Gasteiger partial charge in [0, 0.05) is 29.6 Å². The molecule has 22 atom stereocenters. The number of hydrogen-bond donors (Lipinski definition) is 8. The van der Waals surface area contributed by atoms with Crippen molar-refractivity contribution in [1.82, 2.24) is 0 Å². The van der Waals surface area contributed by atoms with Gasteiger partial charge in [-0.05, 0) is 140 Å². The number of methoxy groups -OCH3 is 1. The second-order valence-corrected chi connectivity index (χ2v) is 23.7. The Balaban J connectivity index is 0.000000182. The summed E-state index contributed by atoms with van der Waals surface area (Å²) in [6, 6.07) is 0. The van der Waals surface area contributed by atoms with Crippen molar-refractivity contribution in [2.45, 2.75) is 165 Å². The predicted octanol–water partition coefficient (Wildman–Crippen LogP) is 3.44. The van der Waals surface area contributed by atoms with Gasteiger partial charge in [0.15, 0.2) is 42.1 Å². The minimum Gasteiger partial charge on any atom is -0.501 e. The summed E-state index contributed by atoms with van der Waals surface area (Å²) in [6.45, 7) is 7.64. The van der Waals surface area contributed by atoms with Crippen LogP contribution in [0.2, 0.25) is 0 Å². The van der Waals surface area contributed by atoms with Crippen LogP contribution in [-0.2, 0) is 47.7 Å². The van der Waals surface area contributed by atoms with Gasteiger partial charge in [-0.3, -0.25) is 14.4 Å². The van der Waals surface area contributed by atoms with E-state index >= 15 is 4.39 Å². The second-order valence-electron chi connectivity index (χ2n) is 23.7. The number of allylic oxidation sites excluding steroid dienone is 10. The van der Waals surface area contributed by atoms with Crippen molar-refractivity contribution >= 4 is 29.3 Å². The SMILES string of the molecule is COC1=CC2=CCC3C(CC[C@@]4(C)C3CC[C@@H]4C(=O)COC3O[C@H](C(=O)O)[C@@H](O)[C@H](O)[C@H]3O)[C@@]2(C)CC1.C[C@]12CC[C@@]3(F)[C@@H](C=CC4=CC(=O)C=C[C@@]43C)[C@@H]1CC[C@@H]2C(=O)COC1O[C@H](C(=O)O)[C@@H](O)[C@H](O)[C@H]1O. The number of aliphatic hydroxyl groups excluding tert-OH is 6. The first-order chi connectivity index (χ1) is 34.8. The van der Waals surface area contributed by atoms with Gasteiger partial charge in [-0.1, -0.05) is 45.1 Å². The average Bonchev–Trinajstić information content (AvgIpc) is 3.91. The van der Waals surface area contributed by atoms with Gasteiger partial charge in [0.2, 0.25) is 0 Å². The molecule has 0 radical (unpaired) electrons. The molecule has 0 spiro atoms. The Labute approximate surface area is 429 Å². The molecule has 0 aromatic carbocycles. The van der Waals surface area contributed by atoms with Crippen molar-refractivity contribution in [2.75, 3.05) is 20.3 Å². The lowest BCUT2D eigenvalue weighted by molar-refractivity contribution is -0.292. The average molecular weight is 1040 g/mol. The second kappa shape index (κ2) is 20.1. The van der Waals surface area contributed by atoms with Gasteiger partial charge in [-0.2, -0.15) is 0 Å². The Kier molecular flexibility index (Phi) is 14.9. The van der Waals surface area contributed by atoms with Gasteiger partial charge in [0.05, 0.1) is 12.9 Å². The number of Topliss-reactive ketones (excluding diaryl/α,β-unsaturated/α-hetero) is 2. The van der Waals surface area contributed by atoms with Gasteiger partial charge in [0.1, 0.15) is 55.5 Å². The molecular formula is C55H73FO18. The number of carbonyl (C=O) groups excluding carboxylic acids is 3. The zero-order valence-corrected chi connectivity index (χ0v) is 42.6. The fourth-order valence-electron chi connectivity index (χ4n) is 16.0. The highest BCUT2D eigenvalue weighted by Crippen LogP contribution is 2.68. The zero-order chi connectivity index (χ0) is 53.6. The molecule has 0 aromatic heterocycles. The number of hydrogen-bond acceptors (Lipinski definition) is 16. The Morgan fingerprint density at radius 2 is 1.22 bits per heavy atom. The van der Waals surface area contributed by atoms with Crippen LogP contribution in [0.3, 0.4) is 0 Å². The maximum atomic E-state index is 16.9. The van der Waals surface area contributed by atoms with E-state index in [1.807, 2.05) is 26.0 Å². The summed E-state index contributed by atoms with van der Waals surface area (Å²) in [7, 11) is 1.74. The van der Waals surface area contributed by atoms with Crippen LogP contribution in [0.4, 0.5) is 4.39 Å². The van der Waals surface area contributed by atoms with Crippen LogP contribution >= 0.6 is 0 Å². The van der Waals surface area contributed by atoms with E-state index in [1.165, 1.54) is 17.7 Å². The van der Waals surface area contributed by atoms with E-state index in [2.05, 4.69) is 26.0 Å². The molecule has 18 nitrogen and oxygen atoms in total. The molecular weight excluding hydrogens is 968 g/mol. The molecule has 2 saturated heterocycles. The van der Waals surface area contributed by atoms with Gasteiger partial charge >= 0.3 is 11.9 Å². The van der Waals surface area contributed by atoms with E-state index in [0.29, 0.717) is 42.6 Å². The molecule has 0 aromatic rings. The third-order valence-electron chi connectivity index (χ3n) is 20.4. The maximum Gasteiger partial charge on any atom is 0.335 e. The van der Waals surface area contributed by atoms with Gasteiger partial charge in [-0.25, -0.2) is 14.0 Å². The monoisotopic (exact) mass is 1040 g/mol. The maximum absolute atomic E-state index is 16.9. The van der Waals surface area contributed by atoms with Crippen molar-refractivity contribution in [3.8, 4) is 0 Å². The molecule has 10 aliphatic rings. The molecule has 74 heavy (non-hydrogen) atoms. The Morgan fingerprint density at radius 1 is 0.662 bits per heavy atom. The van der Waals surface area contributed by atoms with Gasteiger partial charge in [-0.15, -0.1) is 0 Å². The largest absolute Gasteiger partial charge is 0.501 e. The summed E-state index contributed by atoms with van der Waals surface area (Å²) in [4.78, 5) is 61.3. The number of carboxylic acid groups (broad SMARTS) is 2. The number of halogens is 1. The fraction of sp³-hybridized carbons (Fsp3) is 0.727. The van der Waals surface area contributed by atoms with Crippen molar-refractivity contribution < 1.29 is 92.9 Å². The third-order valence-corrected chi connectivity index (χ3v) is 20.4. The van der Waals surface area contributed by atoms with Crippen LogP contribution in [-0.4, -0.2) is 158 Å². The lowest BCUT2D eigenvalue weighted by Gasteiger charge is -2.58. The number of fused-ring (bicyclic) bond motifs is 10. The Hall–Kier alpha value is -4.02. The molecule has 5 unspecified atom stereocenters. The smallest absolute Gasteiger partial charge is 0.335 e. The molecule has 6 fully saturated rings. The van der Waals surface area contributed by atoms with Crippen molar-refractivity contribution in [3.05, 3.63) is 59.4 Å². The van der Waals surface area contributed by atoms with Crippen molar-refractivity contribution in [1.29, 1.82) is 0 Å². The molecule has 19 heteroatoms. The summed E-state index contributed by atoms with van der Waals surface area (Å²) >= 11 is 0. The van der Waals surface area contributed by atoms with Crippen molar-refractivity contribution in [2.24, 2.45) is 63.1 Å².